The van der Waals surface area contributed by atoms with Crippen LogP contribution in [0.2, 0.25) is 0 Å². The van der Waals surface area contributed by atoms with Crippen molar-refractivity contribution in [2.45, 2.75) is 31.2 Å². The lowest BCUT2D eigenvalue weighted by molar-refractivity contribution is -0.128. The van der Waals surface area contributed by atoms with Gasteiger partial charge in [-0.15, -0.1) is 0 Å². The van der Waals surface area contributed by atoms with Crippen LogP contribution in [-0.2, 0) is 30.7 Å². The lowest BCUT2D eigenvalue weighted by Gasteiger charge is -2.23. The maximum Gasteiger partial charge on any atom is 0.237 e. The number of hydrogen-bond donors (Lipinski definition) is 0. The van der Waals surface area contributed by atoms with Crippen molar-refractivity contribution in [1.82, 2.24) is 9.88 Å². The second-order valence-corrected chi connectivity index (χ2v) is 8.77. The fourth-order valence-corrected chi connectivity index (χ4v) is 3.90. The second kappa shape index (κ2) is 6.78. The first-order chi connectivity index (χ1) is 11.4. The summed E-state index contributed by atoms with van der Waals surface area (Å²) in [6.07, 6.45) is 5.98. The predicted octanol–water partition coefficient (Wildman–Crippen LogP) is 0.403. The first kappa shape index (κ1) is 17.3. The van der Waals surface area contributed by atoms with Crippen LogP contribution in [0.3, 0.4) is 0 Å². The molecule has 1 spiro atoms. The van der Waals surface area contributed by atoms with Crippen LogP contribution in [0.1, 0.15) is 18.4 Å². The van der Waals surface area contributed by atoms with Gasteiger partial charge in [-0.25, -0.2) is 8.42 Å². The van der Waals surface area contributed by atoms with Crippen molar-refractivity contribution in [3.05, 3.63) is 30.1 Å². The van der Waals surface area contributed by atoms with Gasteiger partial charge in [0, 0.05) is 38.2 Å². The first-order valence-electron chi connectivity index (χ1n) is 7.95. The van der Waals surface area contributed by atoms with Crippen LogP contribution < -0.4 is 0 Å². The third-order valence-corrected chi connectivity index (χ3v) is 5.21. The van der Waals surface area contributed by atoms with Gasteiger partial charge in [-0.1, -0.05) is 6.07 Å². The van der Waals surface area contributed by atoms with Gasteiger partial charge in [-0.3, -0.25) is 9.78 Å². The highest BCUT2D eigenvalue weighted by atomic mass is 32.2. The molecule has 0 N–H and O–H groups in total. The number of pyridine rings is 1. The van der Waals surface area contributed by atoms with Crippen molar-refractivity contribution in [2.24, 2.45) is 0 Å². The molecule has 8 heteroatoms. The van der Waals surface area contributed by atoms with Crippen molar-refractivity contribution in [1.29, 1.82) is 0 Å². The summed E-state index contributed by atoms with van der Waals surface area (Å²) in [5.74, 6) is -0.790. The van der Waals surface area contributed by atoms with Crippen LogP contribution in [0.25, 0.3) is 0 Å². The summed E-state index contributed by atoms with van der Waals surface area (Å²) >= 11 is 0. The number of likely N-dealkylation sites (tertiary alicyclic amines) is 1. The molecule has 0 unspecified atom stereocenters. The molecule has 3 rings (SSSR count). The minimum absolute atomic E-state index is 0.0184. The minimum atomic E-state index is -3.31. The summed E-state index contributed by atoms with van der Waals surface area (Å²) in [6, 6.07) is 3.83. The van der Waals surface area contributed by atoms with Gasteiger partial charge >= 0.3 is 0 Å². The van der Waals surface area contributed by atoms with E-state index in [0.29, 0.717) is 26.3 Å². The molecule has 1 aromatic heterocycles. The molecule has 0 saturated carbocycles. The maximum absolute atomic E-state index is 12.0. The first-order valence-corrected chi connectivity index (χ1v) is 10.0. The van der Waals surface area contributed by atoms with E-state index >= 15 is 0 Å². The molecule has 132 valence electrons. The third-order valence-electron chi connectivity index (χ3n) is 4.44. The largest absolute Gasteiger partial charge is 0.371 e. The molecule has 2 aliphatic heterocycles. The molecule has 0 bridgehead atoms. The highest BCUT2D eigenvalue weighted by Gasteiger charge is 2.47. The molecular weight excluding hydrogens is 332 g/mol. The van der Waals surface area contributed by atoms with Gasteiger partial charge in [0.05, 0.1) is 24.9 Å². The Morgan fingerprint density at radius 1 is 1.54 bits per heavy atom. The zero-order chi connectivity index (χ0) is 17.2. The van der Waals surface area contributed by atoms with Crippen LogP contribution in [0.15, 0.2) is 24.5 Å². The molecule has 0 aromatic carbocycles. The van der Waals surface area contributed by atoms with Crippen molar-refractivity contribution in [2.75, 3.05) is 31.7 Å². The molecule has 2 atom stereocenters. The Kier molecular flexibility index (Phi) is 4.89. The smallest absolute Gasteiger partial charge is 0.237 e. The number of hydrogen-bond acceptors (Lipinski definition) is 6. The quantitative estimate of drug-likeness (QED) is 0.761. The summed E-state index contributed by atoms with van der Waals surface area (Å²) in [4.78, 5) is 17.7. The molecule has 2 saturated heterocycles. The van der Waals surface area contributed by atoms with Crippen LogP contribution in [0.4, 0.5) is 0 Å². The van der Waals surface area contributed by atoms with Crippen LogP contribution in [0.5, 0.6) is 0 Å². The van der Waals surface area contributed by atoms with E-state index in [9.17, 15) is 13.2 Å². The number of nitrogens with zero attached hydrogens (tertiary/aromatic N) is 2. The summed E-state index contributed by atoms with van der Waals surface area (Å²) in [5, 5.41) is 0. The minimum Gasteiger partial charge on any atom is -0.371 e. The van der Waals surface area contributed by atoms with E-state index < -0.39 is 21.2 Å². The van der Waals surface area contributed by atoms with Gasteiger partial charge in [0.1, 0.15) is 5.75 Å². The summed E-state index contributed by atoms with van der Waals surface area (Å²) in [5.41, 5.74) is 0.613. The number of carbonyl (C=O) groups excluding carboxylic acids is 1. The number of carbonyl (C=O) groups is 1. The Balaban J connectivity index is 1.51. The second-order valence-electron chi connectivity index (χ2n) is 6.63. The number of rotatable bonds is 5. The van der Waals surface area contributed by atoms with E-state index in [-0.39, 0.29) is 12.0 Å². The number of sulfone groups is 1. The molecule has 7 nitrogen and oxygen atoms in total. The van der Waals surface area contributed by atoms with Gasteiger partial charge in [0.2, 0.25) is 5.91 Å². The molecule has 0 radical (unpaired) electrons. The van der Waals surface area contributed by atoms with Gasteiger partial charge in [-0.2, -0.15) is 0 Å². The normalized spacial score (nSPS) is 27.0. The zero-order valence-electron chi connectivity index (χ0n) is 13.7. The average Bonchev–Trinajstić information content (AvgIpc) is 3.12. The zero-order valence-corrected chi connectivity index (χ0v) is 14.5. The molecule has 0 aliphatic carbocycles. The maximum atomic E-state index is 12.0. The average molecular weight is 354 g/mol. The molecule has 24 heavy (non-hydrogen) atoms. The third kappa shape index (κ3) is 4.31. The van der Waals surface area contributed by atoms with Gasteiger partial charge in [0.25, 0.3) is 0 Å². The molecule has 2 aliphatic rings. The lowest BCUT2D eigenvalue weighted by Crippen LogP contribution is -2.38. The van der Waals surface area contributed by atoms with Gasteiger partial charge in [0.15, 0.2) is 9.84 Å². The van der Waals surface area contributed by atoms with Gasteiger partial charge in [-0.05, 0) is 18.1 Å². The van der Waals surface area contributed by atoms with E-state index in [2.05, 4.69) is 4.98 Å². The Morgan fingerprint density at radius 2 is 2.38 bits per heavy atom. The standard InChI is InChI=1S/C16H22N2O5S/c1-24(20,21)11-15(19)18-6-4-16(12-18)7-14(10-23-16)22-9-13-3-2-5-17-8-13/h2-3,5,8,14H,4,6-7,9-12H2,1H3/t14-,16+/m1/s1. The van der Waals surface area contributed by atoms with Crippen molar-refractivity contribution in [3.8, 4) is 0 Å². The Bertz CT molecular complexity index is 694. The fraction of sp³-hybridized carbons (Fsp3) is 0.625. The topological polar surface area (TPSA) is 85.8 Å². The highest BCUT2D eigenvalue weighted by Crippen LogP contribution is 2.36. The van der Waals surface area contributed by atoms with Crippen molar-refractivity contribution >= 4 is 15.7 Å². The van der Waals surface area contributed by atoms with E-state index in [4.69, 9.17) is 9.47 Å². The fourth-order valence-electron chi connectivity index (χ4n) is 3.26. The summed E-state index contributed by atoms with van der Waals surface area (Å²) < 4.78 is 34.4. The SMILES string of the molecule is CS(=O)(=O)CC(=O)N1CC[C@]2(C[C@@H](OCc3cccnc3)CO2)C1. The number of aromatic nitrogens is 1. The molecule has 1 aromatic rings. The number of amides is 1. The molecule has 2 fully saturated rings. The monoisotopic (exact) mass is 354 g/mol. The highest BCUT2D eigenvalue weighted by molar-refractivity contribution is 7.91. The van der Waals surface area contributed by atoms with E-state index in [1.54, 1.807) is 17.3 Å². The lowest BCUT2D eigenvalue weighted by atomic mass is 9.98. The van der Waals surface area contributed by atoms with Crippen LogP contribution in [-0.4, -0.2) is 67.6 Å². The molecule has 1 amide bonds. The van der Waals surface area contributed by atoms with Crippen LogP contribution >= 0.6 is 0 Å². The summed E-state index contributed by atoms with van der Waals surface area (Å²) in [7, 11) is -3.31. The van der Waals surface area contributed by atoms with E-state index in [1.165, 1.54) is 0 Å². The Morgan fingerprint density at radius 3 is 3.08 bits per heavy atom. The van der Waals surface area contributed by atoms with Crippen molar-refractivity contribution < 1.29 is 22.7 Å². The van der Waals surface area contributed by atoms with E-state index in [0.717, 1.165) is 24.7 Å². The van der Waals surface area contributed by atoms with Gasteiger partial charge < -0.3 is 14.4 Å². The Hall–Kier alpha value is -1.51. The predicted molar refractivity (Wildman–Crippen MR) is 87.0 cm³/mol. The number of ether oxygens (including phenoxy) is 2. The Labute approximate surface area is 141 Å². The van der Waals surface area contributed by atoms with Crippen LogP contribution in [0, 0.1) is 0 Å². The van der Waals surface area contributed by atoms with Crippen molar-refractivity contribution in [3.63, 3.8) is 0 Å². The summed E-state index contributed by atoms with van der Waals surface area (Å²) in [6.45, 7) is 1.95. The molecular formula is C16H22N2O5S. The van der Waals surface area contributed by atoms with E-state index in [1.807, 2.05) is 12.1 Å². The molecule has 3 heterocycles.